The van der Waals surface area contributed by atoms with Crippen LogP contribution in [-0.2, 0) is 14.3 Å². The molecule has 0 radical (unpaired) electrons. The summed E-state index contributed by atoms with van der Waals surface area (Å²) in [5.74, 6) is 0.430. The monoisotopic (exact) mass is 412 g/mol. The van der Waals surface area contributed by atoms with Crippen molar-refractivity contribution in [2.75, 3.05) is 39.6 Å². The number of amides is 2. The number of carbonyl (C=O) groups excluding carboxylic acids is 3. The smallest absolute Gasteiger partial charge is 0.331 e. The van der Waals surface area contributed by atoms with Gasteiger partial charge in [0.2, 0.25) is 6.79 Å². The molecule has 2 amide bonds. The molecule has 2 aliphatic heterocycles. The summed E-state index contributed by atoms with van der Waals surface area (Å²) < 4.78 is 20.7. The normalized spacial score (nSPS) is 15.5. The molecule has 0 atom stereocenters. The van der Waals surface area contributed by atoms with Crippen LogP contribution in [0.3, 0.4) is 0 Å². The number of esters is 1. The van der Waals surface area contributed by atoms with E-state index in [2.05, 4.69) is 0 Å². The Hall–Kier alpha value is -3.75. The molecule has 1 aromatic heterocycles. The molecule has 9 heteroatoms. The van der Waals surface area contributed by atoms with Crippen LogP contribution in [0.5, 0.6) is 11.5 Å². The molecule has 4 rings (SSSR count). The maximum atomic E-state index is 12.3. The Bertz CT molecular complexity index is 960. The average Bonchev–Trinajstić information content (AvgIpc) is 3.47. The predicted molar refractivity (Wildman–Crippen MR) is 104 cm³/mol. The van der Waals surface area contributed by atoms with Crippen molar-refractivity contribution in [2.45, 2.75) is 0 Å². The zero-order valence-corrected chi connectivity index (χ0v) is 16.1. The van der Waals surface area contributed by atoms with Crippen molar-refractivity contribution >= 4 is 23.9 Å². The zero-order valence-electron chi connectivity index (χ0n) is 16.1. The van der Waals surface area contributed by atoms with Crippen LogP contribution in [0, 0.1) is 0 Å². The molecule has 2 aliphatic rings. The van der Waals surface area contributed by atoms with Gasteiger partial charge in [-0.05, 0) is 35.9 Å². The van der Waals surface area contributed by atoms with Crippen LogP contribution >= 0.6 is 0 Å². The number of nitrogens with zero attached hydrogens (tertiary/aromatic N) is 2. The zero-order chi connectivity index (χ0) is 20.9. The number of piperazine rings is 1. The molecule has 1 fully saturated rings. The van der Waals surface area contributed by atoms with Gasteiger partial charge in [-0.1, -0.05) is 6.07 Å². The molecule has 9 nitrogen and oxygen atoms in total. The Morgan fingerprint density at radius 1 is 1.00 bits per heavy atom. The molecule has 0 bridgehead atoms. The Morgan fingerprint density at radius 2 is 1.77 bits per heavy atom. The van der Waals surface area contributed by atoms with E-state index in [1.54, 1.807) is 46.2 Å². The van der Waals surface area contributed by atoms with Gasteiger partial charge in [-0.2, -0.15) is 0 Å². The van der Waals surface area contributed by atoms with E-state index in [0.29, 0.717) is 37.7 Å². The second kappa shape index (κ2) is 8.73. The van der Waals surface area contributed by atoms with Gasteiger partial charge in [0.05, 0.1) is 6.26 Å². The van der Waals surface area contributed by atoms with Crippen molar-refractivity contribution in [1.29, 1.82) is 0 Å². The van der Waals surface area contributed by atoms with E-state index in [4.69, 9.17) is 18.6 Å². The molecule has 0 saturated carbocycles. The number of carbonyl (C=O) groups is 3. The Morgan fingerprint density at radius 3 is 2.53 bits per heavy atom. The first-order valence-corrected chi connectivity index (χ1v) is 9.45. The number of benzene rings is 1. The summed E-state index contributed by atoms with van der Waals surface area (Å²) in [6, 6.07) is 8.55. The molecular weight excluding hydrogens is 392 g/mol. The van der Waals surface area contributed by atoms with Crippen LogP contribution < -0.4 is 9.47 Å². The average molecular weight is 412 g/mol. The van der Waals surface area contributed by atoms with Crippen molar-refractivity contribution in [3.63, 3.8) is 0 Å². The first-order chi connectivity index (χ1) is 14.6. The summed E-state index contributed by atoms with van der Waals surface area (Å²) in [4.78, 5) is 39.6. The highest BCUT2D eigenvalue weighted by Crippen LogP contribution is 2.32. The van der Waals surface area contributed by atoms with Crippen molar-refractivity contribution in [3.8, 4) is 11.5 Å². The van der Waals surface area contributed by atoms with E-state index in [-0.39, 0.29) is 31.0 Å². The lowest BCUT2D eigenvalue weighted by Crippen LogP contribution is -2.51. The third kappa shape index (κ3) is 4.45. The summed E-state index contributed by atoms with van der Waals surface area (Å²) in [7, 11) is 0. The van der Waals surface area contributed by atoms with Gasteiger partial charge in [0, 0.05) is 32.3 Å². The molecule has 0 unspecified atom stereocenters. The molecule has 1 saturated heterocycles. The quantitative estimate of drug-likeness (QED) is 0.543. The minimum Gasteiger partial charge on any atom is -0.459 e. The van der Waals surface area contributed by atoms with E-state index in [1.807, 2.05) is 0 Å². The number of rotatable bonds is 5. The summed E-state index contributed by atoms with van der Waals surface area (Å²) in [6.45, 7) is 1.35. The number of ether oxygens (including phenoxy) is 3. The third-order valence-corrected chi connectivity index (χ3v) is 4.80. The van der Waals surface area contributed by atoms with Crippen LogP contribution in [0.4, 0.5) is 0 Å². The highest BCUT2D eigenvalue weighted by atomic mass is 16.7. The highest BCUT2D eigenvalue weighted by molar-refractivity contribution is 5.92. The van der Waals surface area contributed by atoms with E-state index < -0.39 is 5.97 Å². The van der Waals surface area contributed by atoms with E-state index in [9.17, 15) is 14.4 Å². The van der Waals surface area contributed by atoms with Crippen molar-refractivity contribution in [3.05, 3.63) is 54.0 Å². The van der Waals surface area contributed by atoms with Crippen LogP contribution in [0.25, 0.3) is 6.08 Å². The lowest BCUT2D eigenvalue weighted by Gasteiger charge is -2.34. The van der Waals surface area contributed by atoms with Gasteiger partial charge in [-0.15, -0.1) is 0 Å². The molecule has 30 heavy (non-hydrogen) atoms. The minimum absolute atomic E-state index is 0.178. The Kier molecular flexibility index (Phi) is 5.69. The fraction of sp³-hybridized carbons (Fsp3) is 0.286. The number of fused-ring (bicyclic) bond motifs is 1. The summed E-state index contributed by atoms with van der Waals surface area (Å²) in [5, 5.41) is 0. The van der Waals surface area contributed by atoms with Crippen LogP contribution in [0.2, 0.25) is 0 Å². The summed E-state index contributed by atoms with van der Waals surface area (Å²) >= 11 is 0. The maximum absolute atomic E-state index is 12.3. The second-order valence-electron chi connectivity index (χ2n) is 6.70. The van der Waals surface area contributed by atoms with Crippen LogP contribution in [0.1, 0.15) is 16.1 Å². The molecule has 2 aromatic rings. The standard InChI is InChI=1S/C21H20N2O7/c24-19(22-7-9-23(10-8-22)21(26)17-2-1-11-27-17)13-28-20(25)6-4-15-3-5-16-18(12-15)30-14-29-16/h1-6,11-12H,7-10,13-14H2. The van der Waals surface area contributed by atoms with E-state index in [1.165, 1.54) is 12.3 Å². The minimum atomic E-state index is -0.618. The number of hydrogen-bond donors (Lipinski definition) is 0. The van der Waals surface area contributed by atoms with Gasteiger partial charge >= 0.3 is 5.97 Å². The van der Waals surface area contributed by atoms with Gasteiger partial charge < -0.3 is 28.4 Å². The third-order valence-electron chi connectivity index (χ3n) is 4.80. The largest absolute Gasteiger partial charge is 0.459 e. The van der Waals surface area contributed by atoms with Gasteiger partial charge in [0.1, 0.15) is 0 Å². The summed E-state index contributed by atoms with van der Waals surface area (Å²) in [6.07, 6.45) is 4.28. The van der Waals surface area contributed by atoms with Gasteiger partial charge in [0.25, 0.3) is 11.8 Å². The maximum Gasteiger partial charge on any atom is 0.331 e. The fourth-order valence-electron chi connectivity index (χ4n) is 3.17. The SMILES string of the molecule is O=C(C=Cc1ccc2c(c1)OCO2)OCC(=O)N1CCN(C(=O)c2ccco2)CC1. The molecule has 0 aliphatic carbocycles. The highest BCUT2D eigenvalue weighted by Gasteiger charge is 2.26. The first kappa shape index (κ1) is 19.6. The molecule has 3 heterocycles. The first-order valence-electron chi connectivity index (χ1n) is 9.45. The predicted octanol–water partition coefficient (Wildman–Crippen LogP) is 1.55. The van der Waals surface area contributed by atoms with E-state index in [0.717, 1.165) is 5.56 Å². The molecular formula is C21H20N2O7. The van der Waals surface area contributed by atoms with Crippen molar-refractivity contribution < 1.29 is 33.0 Å². The molecule has 156 valence electrons. The van der Waals surface area contributed by atoms with Gasteiger partial charge in [0.15, 0.2) is 23.9 Å². The topological polar surface area (TPSA) is 98.5 Å². The van der Waals surface area contributed by atoms with Crippen LogP contribution in [0.15, 0.2) is 47.1 Å². The van der Waals surface area contributed by atoms with E-state index >= 15 is 0 Å². The van der Waals surface area contributed by atoms with Crippen molar-refractivity contribution in [1.82, 2.24) is 9.80 Å². The fourth-order valence-corrected chi connectivity index (χ4v) is 3.17. The Balaban J connectivity index is 1.21. The second-order valence-corrected chi connectivity index (χ2v) is 6.70. The Labute approximate surface area is 172 Å². The molecule has 1 aromatic carbocycles. The van der Waals surface area contributed by atoms with Gasteiger partial charge in [-0.3, -0.25) is 9.59 Å². The lowest BCUT2D eigenvalue weighted by molar-refractivity contribution is -0.148. The van der Waals surface area contributed by atoms with Crippen molar-refractivity contribution in [2.24, 2.45) is 0 Å². The lowest BCUT2D eigenvalue weighted by atomic mass is 10.2. The van der Waals surface area contributed by atoms with Crippen LogP contribution in [-0.4, -0.2) is 67.2 Å². The molecule has 0 spiro atoms. The molecule has 0 N–H and O–H groups in total. The van der Waals surface area contributed by atoms with Gasteiger partial charge in [-0.25, -0.2) is 4.79 Å². The number of furan rings is 1. The number of hydrogen-bond acceptors (Lipinski definition) is 7. The summed E-state index contributed by atoms with van der Waals surface area (Å²) in [5.41, 5.74) is 0.750.